The summed E-state index contributed by atoms with van der Waals surface area (Å²) >= 11 is 1.79. The van der Waals surface area contributed by atoms with E-state index in [1.165, 1.54) is 4.88 Å². The maximum absolute atomic E-state index is 4.57. The van der Waals surface area contributed by atoms with E-state index >= 15 is 0 Å². The van der Waals surface area contributed by atoms with Crippen LogP contribution >= 0.6 is 35.3 Å². The van der Waals surface area contributed by atoms with Crippen molar-refractivity contribution in [2.24, 2.45) is 4.99 Å². The number of thiophene rings is 1. The third kappa shape index (κ3) is 7.92. The normalized spacial score (nSPS) is 11.9. The first-order valence-electron chi connectivity index (χ1n) is 6.10. The molecule has 3 nitrogen and oxygen atoms in total. The highest BCUT2D eigenvalue weighted by molar-refractivity contribution is 14.0. The highest BCUT2D eigenvalue weighted by atomic mass is 127. The number of hydrogen-bond donors (Lipinski definition) is 2. The fourth-order valence-corrected chi connectivity index (χ4v) is 2.09. The van der Waals surface area contributed by atoms with Crippen molar-refractivity contribution in [1.29, 1.82) is 0 Å². The predicted octanol–water partition coefficient (Wildman–Crippen LogP) is 3.26. The Balaban J connectivity index is 0.00000289. The molecule has 0 saturated carbocycles. The van der Waals surface area contributed by atoms with Crippen molar-refractivity contribution in [3.05, 3.63) is 22.4 Å². The molecule has 0 spiro atoms. The number of hydrogen-bond acceptors (Lipinski definition) is 2. The first-order chi connectivity index (χ1) is 8.01. The highest BCUT2D eigenvalue weighted by Crippen LogP contribution is 2.08. The fraction of sp³-hybridized carbons (Fsp3) is 0.615. The second-order valence-electron chi connectivity index (χ2n) is 4.97. The zero-order valence-corrected chi connectivity index (χ0v) is 14.8. The van der Waals surface area contributed by atoms with E-state index in [2.05, 4.69) is 60.8 Å². The quantitative estimate of drug-likeness (QED) is 0.477. The lowest BCUT2D eigenvalue weighted by molar-refractivity contribution is 0.501. The van der Waals surface area contributed by atoms with Gasteiger partial charge in [0.2, 0.25) is 0 Å². The highest BCUT2D eigenvalue weighted by Gasteiger charge is 2.11. The Morgan fingerprint density at radius 2 is 2.11 bits per heavy atom. The van der Waals surface area contributed by atoms with E-state index in [4.69, 9.17) is 0 Å². The van der Waals surface area contributed by atoms with Crippen LogP contribution in [0.4, 0.5) is 0 Å². The van der Waals surface area contributed by atoms with E-state index in [9.17, 15) is 0 Å². The summed E-state index contributed by atoms with van der Waals surface area (Å²) in [6.07, 6.45) is 1.01. The smallest absolute Gasteiger partial charge is 0.191 e. The lowest BCUT2D eigenvalue weighted by atomic mass is 10.1. The van der Waals surface area contributed by atoms with Crippen LogP contribution in [0.1, 0.15) is 32.6 Å². The number of guanidine groups is 1. The topological polar surface area (TPSA) is 36.4 Å². The molecule has 0 aliphatic rings. The van der Waals surface area contributed by atoms with Gasteiger partial charge in [0.1, 0.15) is 0 Å². The molecule has 0 aromatic carbocycles. The second-order valence-corrected chi connectivity index (χ2v) is 6.00. The van der Waals surface area contributed by atoms with Gasteiger partial charge in [0.25, 0.3) is 0 Å². The van der Waals surface area contributed by atoms with Gasteiger partial charge in [0, 0.05) is 29.9 Å². The van der Waals surface area contributed by atoms with Crippen LogP contribution in [0.2, 0.25) is 0 Å². The lowest BCUT2D eigenvalue weighted by Crippen LogP contribution is -2.47. The molecule has 5 heteroatoms. The molecular formula is C13H24IN3S. The van der Waals surface area contributed by atoms with Gasteiger partial charge in [0.15, 0.2) is 5.96 Å². The van der Waals surface area contributed by atoms with Crippen molar-refractivity contribution < 1.29 is 0 Å². The van der Waals surface area contributed by atoms with Crippen LogP contribution in [-0.4, -0.2) is 24.6 Å². The average Bonchev–Trinajstić information content (AvgIpc) is 2.68. The van der Waals surface area contributed by atoms with E-state index in [0.29, 0.717) is 0 Å². The van der Waals surface area contributed by atoms with Crippen LogP contribution in [0.5, 0.6) is 0 Å². The molecule has 0 amide bonds. The molecule has 0 aliphatic heterocycles. The minimum Gasteiger partial charge on any atom is -0.357 e. The van der Waals surface area contributed by atoms with Crippen LogP contribution in [0, 0.1) is 0 Å². The second kappa shape index (κ2) is 8.74. The van der Waals surface area contributed by atoms with Crippen molar-refractivity contribution in [2.45, 2.75) is 39.7 Å². The van der Waals surface area contributed by atoms with E-state index in [1.54, 1.807) is 11.3 Å². The van der Waals surface area contributed by atoms with Gasteiger partial charge >= 0.3 is 0 Å². The van der Waals surface area contributed by atoms with Gasteiger partial charge in [-0.05, 0) is 39.1 Å². The molecule has 18 heavy (non-hydrogen) atoms. The van der Waals surface area contributed by atoms with E-state index in [-0.39, 0.29) is 29.5 Å². The molecule has 104 valence electrons. The first kappa shape index (κ1) is 17.7. The van der Waals surface area contributed by atoms with Crippen molar-refractivity contribution >= 4 is 41.3 Å². The Hall–Kier alpha value is -0.300. The molecule has 1 rings (SSSR count). The molecule has 0 radical (unpaired) electrons. The van der Waals surface area contributed by atoms with Crippen molar-refractivity contribution in [2.75, 3.05) is 13.1 Å². The van der Waals surface area contributed by atoms with E-state index in [0.717, 1.165) is 25.5 Å². The number of nitrogens with one attached hydrogen (secondary N) is 2. The van der Waals surface area contributed by atoms with Crippen LogP contribution in [0.3, 0.4) is 0 Å². The molecule has 1 heterocycles. The lowest BCUT2D eigenvalue weighted by Gasteiger charge is -2.23. The van der Waals surface area contributed by atoms with Gasteiger partial charge in [0.05, 0.1) is 0 Å². The average molecular weight is 381 g/mol. The van der Waals surface area contributed by atoms with Gasteiger partial charge in [-0.15, -0.1) is 35.3 Å². The molecule has 0 saturated heterocycles. The first-order valence-corrected chi connectivity index (χ1v) is 6.98. The molecule has 2 N–H and O–H groups in total. The summed E-state index contributed by atoms with van der Waals surface area (Å²) in [5.41, 5.74) is 0.0456. The van der Waals surface area contributed by atoms with Crippen molar-refractivity contribution in [1.82, 2.24) is 10.6 Å². The monoisotopic (exact) mass is 381 g/mol. The standard InChI is InChI=1S/C13H23N3S.HI/c1-5-14-12(16-13(2,3)4)15-9-8-11-7-6-10-17-11;/h6-7,10H,5,8-9H2,1-4H3,(H2,14,15,16);1H. The summed E-state index contributed by atoms with van der Waals surface area (Å²) in [7, 11) is 0. The molecule has 0 aliphatic carbocycles. The zero-order valence-electron chi connectivity index (χ0n) is 11.6. The van der Waals surface area contributed by atoms with Crippen molar-refractivity contribution in [3.8, 4) is 0 Å². The summed E-state index contributed by atoms with van der Waals surface area (Å²) < 4.78 is 0. The Morgan fingerprint density at radius 3 is 2.61 bits per heavy atom. The minimum absolute atomic E-state index is 0. The molecular weight excluding hydrogens is 357 g/mol. The zero-order chi connectivity index (χ0) is 12.7. The van der Waals surface area contributed by atoms with E-state index in [1.807, 2.05) is 0 Å². The SMILES string of the molecule is CCNC(=NCCc1cccs1)NC(C)(C)C.I. The Bertz CT molecular complexity index is 342. The predicted molar refractivity (Wildman–Crippen MR) is 92.3 cm³/mol. The van der Waals surface area contributed by atoms with Crippen LogP contribution in [-0.2, 0) is 6.42 Å². The summed E-state index contributed by atoms with van der Waals surface area (Å²) in [5.74, 6) is 0.900. The number of aliphatic imine (C=N–C) groups is 1. The Morgan fingerprint density at radius 1 is 1.39 bits per heavy atom. The summed E-state index contributed by atoms with van der Waals surface area (Å²) in [6.45, 7) is 10.2. The fourth-order valence-electron chi connectivity index (χ4n) is 1.40. The Labute approximate surface area is 131 Å². The molecule has 1 aromatic heterocycles. The number of rotatable bonds is 4. The number of nitrogens with zero attached hydrogens (tertiary/aromatic N) is 1. The minimum atomic E-state index is 0. The van der Waals surface area contributed by atoms with Gasteiger partial charge in [-0.25, -0.2) is 0 Å². The Kier molecular flexibility index (Phi) is 8.60. The largest absolute Gasteiger partial charge is 0.357 e. The van der Waals surface area contributed by atoms with Crippen LogP contribution < -0.4 is 10.6 Å². The molecule has 1 aromatic rings. The third-order valence-corrected chi connectivity index (χ3v) is 2.98. The van der Waals surface area contributed by atoms with Crippen molar-refractivity contribution in [3.63, 3.8) is 0 Å². The summed E-state index contributed by atoms with van der Waals surface area (Å²) in [6, 6.07) is 4.24. The van der Waals surface area contributed by atoms with Crippen LogP contribution in [0.15, 0.2) is 22.5 Å². The summed E-state index contributed by atoms with van der Waals surface area (Å²) in [5, 5.41) is 8.75. The van der Waals surface area contributed by atoms with Gasteiger partial charge < -0.3 is 10.6 Å². The third-order valence-electron chi connectivity index (χ3n) is 2.05. The molecule has 0 unspecified atom stereocenters. The maximum atomic E-state index is 4.57. The summed E-state index contributed by atoms with van der Waals surface area (Å²) in [4.78, 5) is 5.96. The maximum Gasteiger partial charge on any atom is 0.191 e. The molecule has 0 fully saturated rings. The van der Waals surface area contributed by atoms with Gasteiger partial charge in [-0.3, -0.25) is 4.99 Å². The molecule has 0 bridgehead atoms. The van der Waals surface area contributed by atoms with Gasteiger partial charge in [-0.2, -0.15) is 0 Å². The molecule has 0 atom stereocenters. The van der Waals surface area contributed by atoms with Crippen LogP contribution in [0.25, 0.3) is 0 Å². The van der Waals surface area contributed by atoms with Gasteiger partial charge in [-0.1, -0.05) is 6.07 Å². The van der Waals surface area contributed by atoms with E-state index < -0.39 is 0 Å². The number of halogens is 1.